The predicted molar refractivity (Wildman–Crippen MR) is 119 cm³/mol. The van der Waals surface area contributed by atoms with Crippen LogP contribution in [0.2, 0.25) is 5.02 Å². The molecule has 1 aromatic heterocycles. The first-order valence-corrected chi connectivity index (χ1v) is 10.6. The van der Waals surface area contributed by atoms with Crippen LogP contribution in [0.5, 0.6) is 0 Å². The maximum atomic E-state index is 14.0. The van der Waals surface area contributed by atoms with Crippen molar-refractivity contribution < 1.29 is 18.8 Å². The number of nitrogens with one attached hydrogen (secondary N) is 1. The fourth-order valence-electron chi connectivity index (χ4n) is 3.57. The quantitative estimate of drug-likeness (QED) is 0.380. The lowest BCUT2D eigenvalue weighted by Crippen LogP contribution is -2.43. The summed E-state index contributed by atoms with van der Waals surface area (Å²) in [5, 5.41) is 10.0. The monoisotopic (exact) mass is 471 g/mol. The van der Waals surface area contributed by atoms with Gasteiger partial charge in [-0.2, -0.15) is 5.10 Å². The number of nitrogens with zero attached hydrogens (tertiary/aromatic N) is 4. The molecule has 1 aliphatic carbocycles. The normalized spacial score (nSPS) is 13.0. The molecule has 0 unspecified atom stereocenters. The number of carbonyl (C=O) groups excluding carboxylic acids is 3. The molecule has 1 saturated carbocycles. The summed E-state index contributed by atoms with van der Waals surface area (Å²) in [5.74, 6) is -1.38. The van der Waals surface area contributed by atoms with Crippen LogP contribution in [0.4, 0.5) is 10.1 Å². The van der Waals surface area contributed by atoms with Gasteiger partial charge >= 0.3 is 0 Å². The van der Waals surface area contributed by atoms with Crippen LogP contribution in [0.15, 0.2) is 41.6 Å². The van der Waals surface area contributed by atoms with Gasteiger partial charge in [-0.25, -0.2) is 4.39 Å². The first-order valence-electron chi connectivity index (χ1n) is 10.2. The number of hydrogen-bond donors (Lipinski definition) is 1. The fourth-order valence-corrected chi connectivity index (χ4v) is 3.77. The zero-order valence-corrected chi connectivity index (χ0v) is 18.1. The number of halogens is 2. The van der Waals surface area contributed by atoms with Crippen molar-refractivity contribution in [1.82, 2.24) is 20.0 Å². The van der Waals surface area contributed by atoms with Gasteiger partial charge in [0.15, 0.2) is 6.29 Å². The molecule has 1 aliphatic rings. The second kappa shape index (κ2) is 9.45. The van der Waals surface area contributed by atoms with Crippen LogP contribution in [0.1, 0.15) is 28.9 Å². The molecule has 0 atom stereocenters. The van der Waals surface area contributed by atoms with Crippen molar-refractivity contribution in [2.75, 3.05) is 6.54 Å². The van der Waals surface area contributed by atoms with E-state index in [0.717, 1.165) is 12.8 Å². The summed E-state index contributed by atoms with van der Waals surface area (Å²) in [6.45, 7) is -0.437. The van der Waals surface area contributed by atoms with E-state index in [0.29, 0.717) is 17.2 Å². The molecule has 1 heterocycles. The van der Waals surface area contributed by atoms with Gasteiger partial charge in [0, 0.05) is 23.5 Å². The lowest BCUT2D eigenvalue weighted by molar-refractivity contribution is -0.137. The second-order valence-corrected chi connectivity index (χ2v) is 8.10. The van der Waals surface area contributed by atoms with Crippen molar-refractivity contribution in [1.29, 1.82) is 0 Å². The third-order valence-electron chi connectivity index (χ3n) is 5.39. The first kappa shape index (κ1) is 22.5. The molecule has 0 saturated heterocycles. The van der Waals surface area contributed by atoms with E-state index in [9.17, 15) is 23.7 Å². The van der Waals surface area contributed by atoms with Crippen molar-refractivity contribution in [2.45, 2.75) is 32.0 Å². The number of rotatable bonds is 9. The van der Waals surface area contributed by atoms with Crippen molar-refractivity contribution in [2.24, 2.45) is 5.18 Å². The number of fused-ring (bicyclic) bond motifs is 1. The fraction of sp³-hybridized carbons (Fsp3) is 0.273. The SMILES string of the molecule is O=Cc1nn(CC(=O)N(CC(=O)NCc2cccc(Cl)c2F)C2CC2)c2ccc(N=O)cc12. The van der Waals surface area contributed by atoms with Gasteiger partial charge < -0.3 is 10.2 Å². The van der Waals surface area contributed by atoms with Gasteiger partial charge in [0.2, 0.25) is 11.8 Å². The van der Waals surface area contributed by atoms with E-state index in [1.165, 1.54) is 33.8 Å². The van der Waals surface area contributed by atoms with Crippen molar-refractivity contribution in [3.8, 4) is 0 Å². The molecular weight excluding hydrogens is 453 g/mol. The van der Waals surface area contributed by atoms with Crippen molar-refractivity contribution >= 4 is 46.3 Å². The van der Waals surface area contributed by atoms with Crippen molar-refractivity contribution in [3.63, 3.8) is 0 Å². The molecule has 9 nitrogen and oxygen atoms in total. The molecule has 2 amide bonds. The van der Waals surface area contributed by atoms with Crippen LogP contribution in [0.3, 0.4) is 0 Å². The predicted octanol–water partition coefficient (Wildman–Crippen LogP) is 3.35. The molecule has 11 heteroatoms. The maximum Gasteiger partial charge on any atom is 0.245 e. The molecule has 170 valence electrons. The summed E-state index contributed by atoms with van der Waals surface area (Å²) >= 11 is 5.76. The average Bonchev–Trinajstić information content (AvgIpc) is 3.60. The summed E-state index contributed by atoms with van der Waals surface area (Å²) in [6, 6.07) is 8.92. The molecular formula is C22H19ClFN5O4. The summed E-state index contributed by atoms with van der Waals surface area (Å²) in [6.07, 6.45) is 2.09. The lowest BCUT2D eigenvalue weighted by atomic mass is 10.2. The minimum absolute atomic E-state index is 0.0336. The van der Waals surface area contributed by atoms with Crippen LogP contribution in [0, 0.1) is 10.7 Å². The number of aromatic nitrogens is 2. The number of amides is 2. The molecule has 0 aliphatic heterocycles. The van der Waals surface area contributed by atoms with E-state index in [2.05, 4.69) is 15.6 Å². The highest BCUT2D eigenvalue weighted by Gasteiger charge is 2.34. The number of carbonyl (C=O) groups is 3. The number of benzene rings is 2. The van der Waals surface area contributed by atoms with Crippen LogP contribution < -0.4 is 5.32 Å². The third kappa shape index (κ3) is 4.90. The standard InChI is InChI=1S/C22H19ClFN5O4/c23-17-3-1-2-13(22(17)24)9-25-20(31)10-28(15-5-6-15)21(32)11-29-19-7-4-14(27-33)8-16(19)18(12-30)26-29/h1-4,7-8,12,15H,5-6,9-11H2,(H,25,31). The van der Waals surface area contributed by atoms with Crippen LogP contribution >= 0.6 is 11.6 Å². The summed E-state index contributed by atoms with van der Waals surface area (Å²) in [7, 11) is 0. The van der Waals surface area contributed by atoms with Gasteiger partial charge in [-0.15, -0.1) is 4.91 Å². The van der Waals surface area contributed by atoms with Gasteiger partial charge in [0.25, 0.3) is 0 Å². The minimum Gasteiger partial charge on any atom is -0.350 e. The molecule has 4 rings (SSSR count). The molecule has 1 N–H and O–H groups in total. The molecule has 2 aromatic carbocycles. The Bertz CT molecular complexity index is 1260. The molecule has 3 aromatic rings. The van der Waals surface area contributed by atoms with Crippen LogP contribution in [-0.4, -0.2) is 45.4 Å². The highest BCUT2D eigenvalue weighted by Crippen LogP contribution is 2.28. The summed E-state index contributed by atoms with van der Waals surface area (Å²) < 4.78 is 15.4. The Morgan fingerprint density at radius 2 is 2.09 bits per heavy atom. The van der Waals surface area contributed by atoms with E-state index < -0.39 is 11.7 Å². The zero-order valence-electron chi connectivity index (χ0n) is 17.3. The summed E-state index contributed by atoms with van der Waals surface area (Å²) in [4.78, 5) is 49.1. The zero-order chi connectivity index (χ0) is 23.5. The Morgan fingerprint density at radius 1 is 1.30 bits per heavy atom. The number of aldehydes is 1. The second-order valence-electron chi connectivity index (χ2n) is 7.70. The molecule has 0 radical (unpaired) electrons. The maximum absolute atomic E-state index is 14.0. The highest BCUT2D eigenvalue weighted by atomic mass is 35.5. The Balaban J connectivity index is 1.46. The average molecular weight is 472 g/mol. The van der Waals surface area contributed by atoms with Gasteiger partial charge in [0.05, 0.1) is 17.1 Å². The van der Waals surface area contributed by atoms with E-state index in [1.807, 2.05) is 0 Å². The molecule has 0 bridgehead atoms. The first-order chi connectivity index (χ1) is 15.9. The van der Waals surface area contributed by atoms with Crippen LogP contribution in [-0.2, 0) is 22.7 Å². The molecule has 0 spiro atoms. The molecule has 33 heavy (non-hydrogen) atoms. The highest BCUT2D eigenvalue weighted by molar-refractivity contribution is 6.30. The lowest BCUT2D eigenvalue weighted by Gasteiger charge is -2.22. The van der Waals surface area contributed by atoms with Gasteiger partial charge in [0.1, 0.15) is 23.7 Å². The Kier molecular flexibility index (Phi) is 6.45. The van der Waals surface area contributed by atoms with Crippen LogP contribution in [0.25, 0.3) is 10.9 Å². The number of hydrogen-bond acceptors (Lipinski definition) is 6. The van der Waals surface area contributed by atoms with Gasteiger partial charge in [-0.1, -0.05) is 23.7 Å². The topological polar surface area (TPSA) is 114 Å². The van der Waals surface area contributed by atoms with E-state index >= 15 is 0 Å². The largest absolute Gasteiger partial charge is 0.350 e. The van der Waals surface area contributed by atoms with E-state index in [4.69, 9.17) is 11.6 Å². The Labute approximate surface area is 192 Å². The molecule has 1 fully saturated rings. The summed E-state index contributed by atoms with van der Waals surface area (Å²) in [5.41, 5.74) is 0.967. The smallest absolute Gasteiger partial charge is 0.245 e. The van der Waals surface area contributed by atoms with Gasteiger partial charge in [-0.05, 0) is 42.3 Å². The van der Waals surface area contributed by atoms with Crippen molar-refractivity contribution in [3.05, 3.63) is 63.4 Å². The van der Waals surface area contributed by atoms with E-state index in [1.54, 1.807) is 12.1 Å². The van der Waals surface area contributed by atoms with E-state index in [-0.39, 0.29) is 53.6 Å². The van der Waals surface area contributed by atoms with Gasteiger partial charge in [-0.3, -0.25) is 19.1 Å². The minimum atomic E-state index is -0.598. The Morgan fingerprint density at radius 3 is 2.79 bits per heavy atom. The Hall–Kier alpha value is -3.66. The number of nitroso groups, excluding NO2 is 1. The third-order valence-corrected chi connectivity index (χ3v) is 5.69.